The number of rotatable bonds is 1. The van der Waals surface area contributed by atoms with Crippen molar-refractivity contribution in [3.05, 3.63) is 168 Å². The number of hydrogen-bond acceptors (Lipinski definition) is 4. The number of nitrogens with zero attached hydrogens (tertiary/aromatic N) is 3. The molecule has 5 aliphatic rings. The summed E-state index contributed by atoms with van der Waals surface area (Å²) in [5.74, 6) is 1.71. The third kappa shape index (κ3) is 3.53. The van der Waals surface area contributed by atoms with Gasteiger partial charge in [-0.1, -0.05) is 125 Å². The molecule has 0 N–H and O–H groups in total. The Morgan fingerprint density at radius 2 is 0.830 bits per heavy atom. The molecule has 0 atom stereocenters. The summed E-state index contributed by atoms with van der Waals surface area (Å²) in [6.45, 7) is 9.64. The first-order chi connectivity index (χ1) is 25.8. The van der Waals surface area contributed by atoms with Gasteiger partial charge in [0.05, 0.1) is 28.4 Å². The second-order valence-corrected chi connectivity index (χ2v) is 16.1. The van der Waals surface area contributed by atoms with Crippen LogP contribution in [0.3, 0.4) is 0 Å². The van der Waals surface area contributed by atoms with E-state index in [2.05, 4.69) is 188 Å². The third-order valence-electron chi connectivity index (χ3n) is 12.8. The fourth-order valence-electron chi connectivity index (χ4n) is 10.4. The number of anilines is 9. The van der Waals surface area contributed by atoms with Crippen molar-refractivity contribution in [2.45, 2.75) is 38.5 Å². The Morgan fingerprint density at radius 3 is 1.32 bits per heavy atom. The van der Waals surface area contributed by atoms with Crippen molar-refractivity contribution in [2.24, 2.45) is 0 Å². The molecule has 0 saturated carbocycles. The van der Waals surface area contributed by atoms with Crippen molar-refractivity contribution in [1.82, 2.24) is 0 Å². The van der Waals surface area contributed by atoms with Crippen molar-refractivity contribution in [1.29, 1.82) is 0 Å². The number of benzene rings is 7. The first-order valence-corrected chi connectivity index (χ1v) is 18.7. The normalized spacial score (nSPS) is 16.6. The molecule has 12 rings (SSSR count). The molecule has 0 bridgehead atoms. The molecule has 5 heterocycles. The van der Waals surface area contributed by atoms with Crippen molar-refractivity contribution in [3.8, 4) is 11.5 Å². The van der Waals surface area contributed by atoms with Gasteiger partial charge in [-0.15, -0.1) is 0 Å². The maximum Gasteiger partial charge on any atom is 0.252 e. The fourth-order valence-corrected chi connectivity index (χ4v) is 10.4. The summed E-state index contributed by atoms with van der Waals surface area (Å²) < 4.78 is 6.53. The third-order valence-corrected chi connectivity index (χ3v) is 12.8. The van der Waals surface area contributed by atoms with E-state index in [1.54, 1.807) is 0 Å². The number of para-hydroxylation sites is 8. The fraction of sp³-hybridized carbons (Fsp3) is 0.125. The standard InChI is InChI=1S/C48H36BN3O/c1-47(2)30-15-5-7-21-36(30)51-40-27-29(50-38-23-9-11-25-42(38)53-43-26-12-10-24-39(43)50)28-41-44(40)49(34-19-13-17-32(47)45(34)51)35-20-14-18-33-46(35)52(41)37-22-8-6-16-31(37)48(33,3)4/h5-28H,1-4H3. The molecular weight excluding hydrogens is 645 g/mol. The van der Waals surface area contributed by atoms with Gasteiger partial charge in [0.15, 0.2) is 11.5 Å². The van der Waals surface area contributed by atoms with Gasteiger partial charge in [0.25, 0.3) is 6.71 Å². The molecule has 0 spiro atoms. The molecule has 5 aliphatic heterocycles. The van der Waals surface area contributed by atoms with E-state index in [9.17, 15) is 0 Å². The lowest BCUT2D eigenvalue weighted by Crippen LogP contribution is -2.63. The molecule has 0 unspecified atom stereocenters. The number of fused-ring (bicyclic) bond motifs is 10. The van der Waals surface area contributed by atoms with E-state index in [-0.39, 0.29) is 17.5 Å². The summed E-state index contributed by atoms with van der Waals surface area (Å²) >= 11 is 0. The predicted octanol–water partition coefficient (Wildman–Crippen LogP) is 10.6. The topological polar surface area (TPSA) is 19.0 Å². The van der Waals surface area contributed by atoms with E-state index in [1.165, 1.54) is 72.8 Å². The average molecular weight is 682 g/mol. The zero-order valence-corrected chi connectivity index (χ0v) is 30.2. The van der Waals surface area contributed by atoms with Gasteiger partial charge in [-0.25, -0.2) is 0 Å². The molecule has 7 aromatic rings. The van der Waals surface area contributed by atoms with E-state index in [4.69, 9.17) is 4.74 Å². The monoisotopic (exact) mass is 681 g/mol. The summed E-state index contributed by atoms with van der Waals surface area (Å²) in [5.41, 5.74) is 19.9. The van der Waals surface area contributed by atoms with Gasteiger partial charge in [0.2, 0.25) is 0 Å². The van der Waals surface area contributed by atoms with Crippen LogP contribution in [0.5, 0.6) is 11.5 Å². The number of ether oxygens (including phenoxy) is 1. The Labute approximate surface area is 310 Å². The maximum absolute atomic E-state index is 6.53. The summed E-state index contributed by atoms with van der Waals surface area (Å²) in [5, 5.41) is 0. The minimum atomic E-state index is -0.170. The summed E-state index contributed by atoms with van der Waals surface area (Å²) in [6.07, 6.45) is 0. The Kier molecular flexibility index (Phi) is 5.44. The second kappa shape index (κ2) is 9.81. The molecule has 0 saturated heterocycles. The zero-order chi connectivity index (χ0) is 35.4. The van der Waals surface area contributed by atoms with Gasteiger partial charge in [0, 0.05) is 33.6 Å². The molecule has 53 heavy (non-hydrogen) atoms. The van der Waals surface area contributed by atoms with Gasteiger partial charge in [0.1, 0.15) is 0 Å². The SMILES string of the molecule is CC1(C)c2ccccc2N2c3cc(N4c5ccccc5Oc5ccccc54)cc4c3B(c3cccc1c32)c1cccc2c1N4c1ccccc1C2(C)C. The van der Waals surface area contributed by atoms with Crippen LogP contribution in [-0.4, -0.2) is 6.71 Å². The molecule has 4 nitrogen and oxygen atoms in total. The summed E-state index contributed by atoms with van der Waals surface area (Å²) in [7, 11) is 0. The van der Waals surface area contributed by atoms with Crippen LogP contribution in [-0.2, 0) is 10.8 Å². The lowest BCUT2D eigenvalue weighted by molar-refractivity contribution is 0.477. The van der Waals surface area contributed by atoms with Gasteiger partial charge < -0.3 is 19.4 Å². The van der Waals surface area contributed by atoms with Gasteiger partial charge in [-0.2, -0.15) is 0 Å². The average Bonchev–Trinajstić information content (AvgIpc) is 3.18. The van der Waals surface area contributed by atoms with Crippen LogP contribution in [0.4, 0.5) is 51.2 Å². The van der Waals surface area contributed by atoms with Gasteiger partial charge >= 0.3 is 0 Å². The summed E-state index contributed by atoms with van der Waals surface area (Å²) in [4.78, 5) is 7.59. The Balaban J connectivity index is 1.25. The molecule has 0 radical (unpaired) electrons. The minimum absolute atomic E-state index is 0.0674. The van der Waals surface area contributed by atoms with E-state index < -0.39 is 0 Å². The predicted molar refractivity (Wildman–Crippen MR) is 219 cm³/mol. The highest BCUT2D eigenvalue weighted by Crippen LogP contribution is 2.59. The van der Waals surface area contributed by atoms with Crippen LogP contribution in [0.25, 0.3) is 0 Å². The van der Waals surface area contributed by atoms with E-state index in [1.807, 2.05) is 0 Å². The summed E-state index contributed by atoms with van der Waals surface area (Å²) in [6, 6.07) is 53.9. The lowest BCUT2D eigenvalue weighted by Gasteiger charge is -2.52. The van der Waals surface area contributed by atoms with E-state index in [0.717, 1.165) is 28.6 Å². The van der Waals surface area contributed by atoms with Crippen LogP contribution in [0.15, 0.2) is 146 Å². The highest BCUT2D eigenvalue weighted by molar-refractivity contribution is 7.00. The molecule has 252 valence electrons. The number of hydrogen-bond donors (Lipinski definition) is 0. The maximum atomic E-state index is 6.53. The van der Waals surface area contributed by atoms with Crippen molar-refractivity contribution < 1.29 is 4.74 Å². The van der Waals surface area contributed by atoms with Crippen molar-refractivity contribution >= 4 is 74.3 Å². The van der Waals surface area contributed by atoms with Crippen LogP contribution in [0, 0.1) is 0 Å². The Bertz CT molecular complexity index is 2580. The lowest BCUT2D eigenvalue weighted by atomic mass is 9.32. The largest absolute Gasteiger partial charge is 0.453 e. The van der Waals surface area contributed by atoms with Crippen LogP contribution in [0.1, 0.15) is 49.9 Å². The molecular formula is C48H36BN3O. The van der Waals surface area contributed by atoms with Crippen molar-refractivity contribution in [2.75, 3.05) is 14.7 Å². The first-order valence-electron chi connectivity index (χ1n) is 18.7. The van der Waals surface area contributed by atoms with Crippen LogP contribution < -0.4 is 35.8 Å². The zero-order valence-electron chi connectivity index (χ0n) is 30.2. The molecule has 0 amide bonds. The van der Waals surface area contributed by atoms with E-state index >= 15 is 0 Å². The minimum Gasteiger partial charge on any atom is -0.453 e. The molecule has 0 aliphatic carbocycles. The van der Waals surface area contributed by atoms with Crippen LogP contribution >= 0.6 is 0 Å². The molecule has 5 heteroatoms. The second-order valence-electron chi connectivity index (χ2n) is 16.1. The highest BCUT2D eigenvalue weighted by Gasteiger charge is 2.51. The Hall–Kier alpha value is -6.20. The highest BCUT2D eigenvalue weighted by atomic mass is 16.5. The Morgan fingerprint density at radius 1 is 0.415 bits per heavy atom. The van der Waals surface area contributed by atoms with Gasteiger partial charge in [-0.3, -0.25) is 0 Å². The first kappa shape index (κ1) is 29.4. The molecule has 0 aromatic heterocycles. The van der Waals surface area contributed by atoms with Crippen molar-refractivity contribution in [3.63, 3.8) is 0 Å². The van der Waals surface area contributed by atoms with E-state index in [0.29, 0.717) is 0 Å². The smallest absolute Gasteiger partial charge is 0.252 e. The molecule has 7 aromatic carbocycles. The quantitative estimate of drug-likeness (QED) is 0.161. The molecule has 0 fully saturated rings. The van der Waals surface area contributed by atoms with Crippen LogP contribution in [0.2, 0.25) is 0 Å². The van der Waals surface area contributed by atoms with Gasteiger partial charge in [-0.05, 0) is 87.2 Å².